The second-order valence-corrected chi connectivity index (χ2v) is 11.0. The summed E-state index contributed by atoms with van der Waals surface area (Å²) in [6.07, 6.45) is 0. The molecule has 1 aromatic carbocycles. The van der Waals surface area contributed by atoms with E-state index in [1.807, 2.05) is 6.92 Å². The number of hydrogen-bond acceptors (Lipinski definition) is 3. The van der Waals surface area contributed by atoms with Crippen molar-refractivity contribution in [2.75, 3.05) is 6.61 Å². The summed E-state index contributed by atoms with van der Waals surface area (Å²) in [6, 6.07) is 4.75. The van der Waals surface area contributed by atoms with Crippen molar-refractivity contribution in [3.05, 3.63) is 23.8 Å². The van der Waals surface area contributed by atoms with Crippen LogP contribution in [0.4, 0.5) is 0 Å². The van der Waals surface area contributed by atoms with Crippen LogP contribution in [-0.4, -0.2) is 26.0 Å². The minimum Gasteiger partial charge on any atom is -0.541 e. The summed E-state index contributed by atoms with van der Waals surface area (Å²) in [5.74, 6) is 0.161. The van der Waals surface area contributed by atoms with Gasteiger partial charge in [0.1, 0.15) is 5.75 Å². The second kappa shape index (κ2) is 5.87. The topological polar surface area (TPSA) is 55.8 Å². The standard InChI is InChI=1S/C15H24O4Si/c1-7-18-12-9-8-11(14(16)17)10-13(12)19-20(5,6)15(2,3)4/h8-10H,7H2,1-6H3,(H,16,17). The summed E-state index contributed by atoms with van der Waals surface area (Å²) in [6.45, 7) is 13.1. The largest absolute Gasteiger partial charge is 0.541 e. The highest BCUT2D eigenvalue weighted by atomic mass is 28.4. The Kier molecular flexibility index (Phi) is 4.86. The van der Waals surface area contributed by atoms with Crippen LogP contribution in [0.5, 0.6) is 11.5 Å². The highest BCUT2D eigenvalue weighted by Crippen LogP contribution is 2.40. The van der Waals surface area contributed by atoms with Gasteiger partial charge in [0, 0.05) is 0 Å². The molecule has 4 nitrogen and oxygen atoms in total. The molecule has 0 heterocycles. The Morgan fingerprint density at radius 1 is 1.25 bits per heavy atom. The Morgan fingerprint density at radius 2 is 1.85 bits per heavy atom. The molecule has 0 atom stereocenters. The lowest BCUT2D eigenvalue weighted by molar-refractivity contribution is 0.0696. The van der Waals surface area contributed by atoms with Crippen molar-refractivity contribution in [1.82, 2.24) is 0 Å². The quantitative estimate of drug-likeness (QED) is 0.829. The number of carbonyl (C=O) groups is 1. The molecule has 112 valence electrons. The maximum Gasteiger partial charge on any atom is 0.335 e. The van der Waals surface area contributed by atoms with Gasteiger partial charge in [-0.3, -0.25) is 0 Å². The van der Waals surface area contributed by atoms with Gasteiger partial charge in [0.05, 0.1) is 12.2 Å². The van der Waals surface area contributed by atoms with Gasteiger partial charge in [-0.15, -0.1) is 0 Å². The van der Waals surface area contributed by atoms with Gasteiger partial charge in [0.15, 0.2) is 5.75 Å². The van der Waals surface area contributed by atoms with Gasteiger partial charge in [0.2, 0.25) is 0 Å². The van der Waals surface area contributed by atoms with Crippen LogP contribution >= 0.6 is 0 Å². The number of ether oxygens (including phenoxy) is 1. The number of hydrogen-bond donors (Lipinski definition) is 1. The van der Waals surface area contributed by atoms with Gasteiger partial charge in [-0.25, -0.2) is 4.79 Å². The van der Waals surface area contributed by atoms with Crippen LogP contribution in [-0.2, 0) is 0 Å². The molecule has 0 fully saturated rings. The van der Waals surface area contributed by atoms with Gasteiger partial charge in [0.25, 0.3) is 8.32 Å². The predicted molar refractivity (Wildman–Crippen MR) is 82.4 cm³/mol. The molecule has 0 aliphatic carbocycles. The molecule has 0 aromatic heterocycles. The first-order chi connectivity index (χ1) is 9.08. The van der Waals surface area contributed by atoms with Gasteiger partial charge in [-0.1, -0.05) is 20.8 Å². The Labute approximate surface area is 121 Å². The molecule has 0 spiro atoms. The highest BCUT2D eigenvalue weighted by Gasteiger charge is 2.39. The molecule has 1 N–H and O–H groups in total. The smallest absolute Gasteiger partial charge is 0.335 e. The van der Waals surface area contributed by atoms with Crippen LogP contribution in [0.1, 0.15) is 38.1 Å². The van der Waals surface area contributed by atoms with Crippen LogP contribution in [0.2, 0.25) is 18.1 Å². The Hall–Kier alpha value is -1.49. The highest BCUT2D eigenvalue weighted by molar-refractivity contribution is 6.74. The van der Waals surface area contributed by atoms with E-state index in [9.17, 15) is 4.79 Å². The molecule has 20 heavy (non-hydrogen) atoms. The van der Waals surface area contributed by atoms with Crippen molar-refractivity contribution in [2.24, 2.45) is 0 Å². The fraction of sp³-hybridized carbons (Fsp3) is 0.533. The molecule has 0 radical (unpaired) electrons. The zero-order valence-electron chi connectivity index (χ0n) is 13.1. The van der Waals surface area contributed by atoms with Crippen molar-refractivity contribution in [3.63, 3.8) is 0 Å². The van der Waals surface area contributed by atoms with Gasteiger partial charge in [-0.2, -0.15) is 0 Å². The van der Waals surface area contributed by atoms with Crippen molar-refractivity contribution in [3.8, 4) is 11.5 Å². The summed E-state index contributed by atoms with van der Waals surface area (Å²) in [5, 5.41) is 9.14. The average molecular weight is 296 g/mol. The lowest BCUT2D eigenvalue weighted by Crippen LogP contribution is -2.44. The summed E-state index contributed by atoms with van der Waals surface area (Å²) < 4.78 is 11.7. The third-order valence-corrected chi connectivity index (χ3v) is 8.00. The zero-order chi connectivity index (χ0) is 15.6. The summed E-state index contributed by atoms with van der Waals surface area (Å²) in [5.41, 5.74) is 0.210. The van der Waals surface area contributed by atoms with E-state index in [2.05, 4.69) is 33.9 Å². The van der Waals surface area contributed by atoms with E-state index in [1.165, 1.54) is 6.07 Å². The predicted octanol–water partition coefficient (Wildman–Crippen LogP) is 4.17. The van der Waals surface area contributed by atoms with Gasteiger partial charge < -0.3 is 14.3 Å². The maximum absolute atomic E-state index is 11.1. The first-order valence-corrected chi connectivity index (χ1v) is 9.68. The van der Waals surface area contributed by atoms with E-state index in [0.717, 1.165) is 0 Å². The van der Waals surface area contributed by atoms with Crippen molar-refractivity contribution >= 4 is 14.3 Å². The average Bonchev–Trinajstić information content (AvgIpc) is 2.29. The van der Waals surface area contributed by atoms with Gasteiger partial charge >= 0.3 is 5.97 Å². The molecule has 1 aromatic rings. The third-order valence-electron chi connectivity index (χ3n) is 3.66. The van der Waals surface area contributed by atoms with Crippen LogP contribution < -0.4 is 9.16 Å². The van der Waals surface area contributed by atoms with Crippen LogP contribution in [0.3, 0.4) is 0 Å². The molecule has 5 heteroatoms. The normalized spacial score (nSPS) is 12.1. The molecule has 0 saturated heterocycles. The number of benzene rings is 1. The van der Waals surface area contributed by atoms with Crippen LogP contribution in [0, 0.1) is 0 Å². The first-order valence-electron chi connectivity index (χ1n) is 6.77. The van der Waals surface area contributed by atoms with Gasteiger partial charge in [-0.05, 0) is 43.3 Å². The van der Waals surface area contributed by atoms with Crippen molar-refractivity contribution in [1.29, 1.82) is 0 Å². The van der Waals surface area contributed by atoms with E-state index in [1.54, 1.807) is 12.1 Å². The minimum atomic E-state index is -2.04. The molecule has 0 aliphatic rings. The first kappa shape index (κ1) is 16.6. The molecule has 0 amide bonds. The Morgan fingerprint density at radius 3 is 2.30 bits per heavy atom. The molecular weight excluding hydrogens is 272 g/mol. The zero-order valence-corrected chi connectivity index (χ0v) is 14.1. The summed E-state index contributed by atoms with van der Waals surface area (Å²) >= 11 is 0. The fourth-order valence-corrected chi connectivity index (χ4v) is 2.44. The third kappa shape index (κ3) is 3.76. The van der Waals surface area contributed by atoms with E-state index in [0.29, 0.717) is 18.1 Å². The van der Waals surface area contributed by atoms with Crippen LogP contribution in [0.25, 0.3) is 0 Å². The maximum atomic E-state index is 11.1. The van der Waals surface area contributed by atoms with E-state index >= 15 is 0 Å². The van der Waals surface area contributed by atoms with Crippen LogP contribution in [0.15, 0.2) is 18.2 Å². The number of carboxylic acid groups (broad SMARTS) is 1. The van der Waals surface area contributed by atoms with Crippen molar-refractivity contribution in [2.45, 2.75) is 45.8 Å². The molecule has 0 bridgehead atoms. The molecule has 0 saturated carbocycles. The second-order valence-electron chi connectivity index (χ2n) is 6.26. The SMILES string of the molecule is CCOc1ccc(C(=O)O)cc1O[Si](C)(C)C(C)(C)C. The fourth-order valence-electron chi connectivity index (χ4n) is 1.42. The lowest BCUT2D eigenvalue weighted by Gasteiger charge is -2.36. The monoisotopic (exact) mass is 296 g/mol. The molecule has 0 unspecified atom stereocenters. The molecular formula is C15H24O4Si. The summed E-state index contributed by atoms with van der Waals surface area (Å²) in [4.78, 5) is 11.1. The number of aromatic carboxylic acids is 1. The van der Waals surface area contributed by atoms with E-state index < -0.39 is 14.3 Å². The van der Waals surface area contributed by atoms with E-state index in [4.69, 9.17) is 14.3 Å². The minimum absolute atomic E-state index is 0.0374. The molecule has 0 aliphatic heterocycles. The van der Waals surface area contributed by atoms with Crippen molar-refractivity contribution < 1.29 is 19.1 Å². The molecule has 1 rings (SSSR count). The number of rotatable bonds is 5. The number of carboxylic acids is 1. The Balaban J connectivity index is 3.19. The Bertz CT molecular complexity index is 489. The summed E-state index contributed by atoms with van der Waals surface area (Å²) in [7, 11) is -2.04. The lowest BCUT2D eigenvalue weighted by atomic mass is 10.2. The van der Waals surface area contributed by atoms with E-state index in [-0.39, 0.29) is 10.6 Å².